The first-order valence-electron chi connectivity index (χ1n) is 8.11. The number of piperidine rings is 1. The fourth-order valence-electron chi connectivity index (χ4n) is 3.17. The van der Waals surface area contributed by atoms with Crippen molar-refractivity contribution in [2.45, 2.75) is 29.8 Å². The molecule has 1 aromatic carbocycles. The first-order valence-corrected chi connectivity index (χ1v) is 9.55. The molecule has 0 saturated carbocycles. The molecule has 1 aromatic rings. The Labute approximate surface area is 146 Å². The predicted octanol–water partition coefficient (Wildman–Crippen LogP) is 0.894. The van der Waals surface area contributed by atoms with Crippen molar-refractivity contribution < 1.29 is 27.1 Å². The number of sulfonamides is 1. The number of methoxy groups -OCH3 is 1. The molecule has 1 N–H and O–H groups in total. The van der Waals surface area contributed by atoms with Gasteiger partial charge in [0.25, 0.3) is 0 Å². The third kappa shape index (κ3) is 3.63. The maximum atomic E-state index is 13.8. The van der Waals surface area contributed by atoms with Crippen LogP contribution in [0.15, 0.2) is 23.1 Å². The van der Waals surface area contributed by atoms with Gasteiger partial charge in [-0.15, -0.1) is 0 Å². The van der Waals surface area contributed by atoms with Crippen LogP contribution in [0.3, 0.4) is 0 Å². The Bertz CT molecular complexity index is 760. The Kier molecular flexibility index (Phi) is 4.99. The quantitative estimate of drug-likeness (QED) is 0.852. The van der Waals surface area contributed by atoms with Gasteiger partial charge in [0.2, 0.25) is 15.9 Å². The molecule has 1 amide bonds. The van der Waals surface area contributed by atoms with Crippen molar-refractivity contribution >= 4 is 15.9 Å². The average Bonchev–Trinajstić information content (AvgIpc) is 2.77. The Morgan fingerprint density at radius 3 is 2.68 bits per heavy atom. The van der Waals surface area contributed by atoms with Gasteiger partial charge < -0.3 is 14.8 Å². The topological polar surface area (TPSA) is 84.9 Å². The van der Waals surface area contributed by atoms with E-state index in [0.29, 0.717) is 32.4 Å². The zero-order valence-electron chi connectivity index (χ0n) is 14.0. The number of nitrogens with zero attached hydrogens (tertiary/aromatic N) is 1. The van der Waals surface area contributed by atoms with Gasteiger partial charge in [-0.05, 0) is 31.0 Å². The molecule has 0 aromatic heterocycles. The third-order valence-electron chi connectivity index (χ3n) is 4.74. The number of amides is 1. The SMILES string of the molecule is COc1ccc(S(=O)(=O)N2CCC3(CC2)CNC(=O)CCO3)cc1F. The first kappa shape index (κ1) is 18.1. The van der Waals surface area contributed by atoms with Crippen LogP contribution in [0.4, 0.5) is 4.39 Å². The van der Waals surface area contributed by atoms with Crippen LogP contribution in [0.5, 0.6) is 5.75 Å². The number of hydrogen-bond donors (Lipinski definition) is 1. The molecular formula is C16H21FN2O5S. The van der Waals surface area contributed by atoms with Crippen molar-refractivity contribution in [3.05, 3.63) is 24.0 Å². The Hall–Kier alpha value is -1.71. The summed E-state index contributed by atoms with van der Waals surface area (Å²) >= 11 is 0. The summed E-state index contributed by atoms with van der Waals surface area (Å²) in [5, 5.41) is 2.82. The number of halogens is 1. The lowest BCUT2D eigenvalue weighted by Gasteiger charge is -2.40. The minimum Gasteiger partial charge on any atom is -0.494 e. The van der Waals surface area contributed by atoms with Gasteiger partial charge in [0.15, 0.2) is 11.6 Å². The summed E-state index contributed by atoms with van der Waals surface area (Å²) in [6.07, 6.45) is 1.27. The van der Waals surface area contributed by atoms with E-state index in [1.54, 1.807) is 0 Å². The molecular weight excluding hydrogens is 351 g/mol. The van der Waals surface area contributed by atoms with Crippen molar-refractivity contribution in [2.24, 2.45) is 0 Å². The summed E-state index contributed by atoms with van der Waals surface area (Å²) < 4.78 is 51.3. The molecule has 0 bridgehead atoms. The second-order valence-electron chi connectivity index (χ2n) is 6.26. The molecule has 2 aliphatic heterocycles. The number of carbonyl (C=O) groups is 1. The lowest BCUT2D eigenvalue weighted by atomic mass is 9.92. The molecule has 2 aliphatic rings. The summed E-state index contributed by atoms with van der Waals surface area (Å²) in [5.41, 5.74) is -0.524. The third-order valence-corrected chi connectivity index (χ3v) is 6.63. The molecule has 0 atom stereocenters. The van der Waals surface area contributed by atoms with E-state index >= 15 is 0 Å². The number of nitrogens with one attached hydrogen (secondary N) is 1. The second-order valence-corrected chi connectivity index (χ2v) is 8.20. The van der Waals surface area contributed by atoms with Crippen molar-refractivity contribution in [2.75, 3.05) is 33.4 Å². The van der Waals surface area contributed by atoms with Crippen LogP contribution in [-0.4, -0.2) is 57.6 Å². The van der Waals surface area contributed by atoms with Gasteiger partial charge in [0.1, 0.15) is 0 Å². The smallest absolute Gasteiger partial charge is 0.243 e. The summed E-state index contributed by atoms with van der Waals surface area (Å²) in [5.74, 6) is -0.772. The summed E-state index contributed by atoms with van der Waals surface area (Å²) in [6, 6.07) is 3.61. The Morgan fingerprint density at radius 2 is 2.04 bits per heavy atom. The van der Waals surface area contributed by atoms with E-state index in [2.05, 4.69) is 5.32 Å². The molecule has 0 radical (unpaired) electrons. The second kappa shape index (κ2) is 6.89. The number of ether oxygens (including phenoxy) is 2. The van der Waals surface area contributed by atoms with Gasteiger partial charge in [-0.1, -0.05) is 0 Å². The largest absolute Gasteiger partial charge is 0.494 e. The van der Waals surface area contributed by atoms with Crippen LogP contribution >= 0.6 is 0 Å². The maximum absolute atomic E-state index is 13.8. The van der Waals surface area contributed by atoms with Gasteiger partial charge in [-0.3, -0.25) is 4.79 Å². The van der Waals surface area contributed by atoms with Gasteiger partial charge in [0, 0.05) is 26.1 Å². The maximum Gasteiger partial charge on any atom is 0.243 e. The molecule has 2 fully saturated rings. The van der Waals surface area contributed by atoms with Crippen molar-refractivity contribution in [3.63, 3.8) is 0 Å². The van der Waals surface area contributed by atoms with Gasteiger partial charge >= 0.3 is 0 Å². The Morgan fingerprint density at radius 1 is 1.32 bits per heavy atom. The number of carbonyl (C=O) groups excluding carboxylic acids is 1. The number of rotatable bonds is 3. The lowest BCUT2D eigenvalue weighted by molar-refractivity contribution is -0.120. The zero-order chi connectivity index (χ0) is 18.1. The van der Waals surface area contributed by atoms with E-state index < -0.39 is 21.4 Å². The zero-order valence-corrected chi connectivity index (χ0v) is 14.8. The minimum absolute atomic E-state index is 0.000792. The fraction of sp³-hybridized carbons (Fsp3) is 0.562. The fourth-order valence-corrected chi connectivity index (χ4v) is 4.62. The molecule has 7 nitrogen and oxygen atoms in total. The van der Waals surface area contributed by atoms with Gasteiger partial charge in [-0.25, -0.2) is 12.8 Å². The highest BCUT2D eigenvalue weighted by atomic mass is 32.2. The van der Waals surface area contributed by atoms with E-state index in [1.165, 1.54) is 23.5 Å². The highest BCUT2D eigenvalue weighted by Gasteiger charge is 2.40. The van der Waals surface area contributed by atoms with E-state index in [-0.39, 0.29) is 29.6 Å². The van der Waals surface area contributed by atoms with Gasteiger partial charge in [-0.2, -0.15) is 4.31 Å². The normalized spacial score (nSPS) is 21.6. The predicted molar refractivity (Wildman–Crippen MR) is 87.3 cm³/mol. The molecule has 2 heterocycles. The van der Waals surface area contributed by atoms with Crippen molar-refractivity contribution in [3.8, 4) is 5.75 Å². The van der Waals surface area contributed by atoms with E-state index in [9.17, 15) is 17.6 Å². The molecule has 0 aliphatic carbocycles. The first-order chi connectivity index (χ1) is 11.9. The minimum atomic E-state index is -3.79. The van der Waals surface area contributed by atoms with E-state index in [0.717, 1.165) is 6.07 Å². The van der Waals surface area contributed by atoms with Crippen molar-refractivity contribution in [1.82, 2.24) is 9.62 Å². The molecule has 25 heavy (non-hydrogen) atoms. The standard InChI is InChI=1S/C16H21FN2O5S/c1-23-14-3-2-12(10-13(14)17)25(21,22)19-7-5-16(6-8-19)11-18-15(20)4-9-24-16/h2-3,10H,4-9,11H2,1H3,(H,18,20). The van der Waals surface area contributed by atoms with E-state index in [4.69, 9.17) is 9.47 Å². The van der Waals surface area contributed by atoms with Crippen molar-refractivity contribution in [1.29, 1.82) is 0 Å². The molecule has 2 saturated heterocycles. The summed E-state index contributed by atoms with van der Waals surface area (Å²) in [6.45, 7) is 1.23. The molecule has 138 valence electrons. The lowest BCUT2D eigenvalue weighted by Crippen LogP contribution is -2.52. The van der Waals surface area contributed by atoms with Crippen LogP contribution < -0.4 is 10.1 Å². The number of hydrogen-bond acceptors (Lipinski definition) is 5. The van der Waals surface area contributed by atoms with Gasteiger partial charge in [0.05, 0.1) is 24.2 Å². The Balaban J connectivity index is 1.73. The molecule has 0 unspecified atom stereocenters. The van der Waals surface area contributed by atoms with Crippen LogP contribution in [0.25, 0.3) is 0 Å². The summed E-state index contributed by atoms with van der Waals surface area (Å²) in [7, 11) is -2.47. The van der Waals surface area contributed by atoms with E-state index in [1.807, 2.05) is 0 Å². The summed E-state index contributed by atoms with van der Waals surface area (Å²) in [4.78, 5) is 11.4. The average molecular weight is 372 g/mol. The van der Waals surface area contributed by atoms with Crippen LogP contribution in [0.2, 0.25) is 0 Å². The highest BCUT2D eigenvalue weighted by Crippen LogP contribution is 2.31. The van der Waals surface area contributed by atoms with Crippen LogP contribution in [-0.2, 0) is 19.6 Å². The van der Waals surface area contributed by atoms with Crippen LogP contribution in [0.1, 0.15) is 19.3 Å². The highest BCUT2D eigenvalue weighted by molar-refractivity contribution is 7.89. The molecule has 9 heteroatoms. The number of benzene rings is 1. The monoisotopic (exact) mass is 372 g/mol. The van der Waals surface area contributed by atoms with Crippen LogP contribution in [0, 0.1) is 5.82 Å². The molecule has 1 spiro atoms. The molecule has 3 rings (SSSR count).